The summed E-state index contributed by atoms with van der Waals surface area (Å²) in [6.45, 7) is 1.70. The zero-order valence-electron chi connectivity index (χ0n) is 10.8. The van der Waals surface area contributed by atoms with Crippen LogP contribution in [0, 0.1) is 12.7 Å². The number of fused-ring (bicyclic) bond motifs is 1. The predicted molar refractivity (Wildman–Crippen MR) is 77.6 cm³/mol. The average Bonchev–Trinajstić information content (AvgIpc) is 2.41. The van der Waals surface area contributed by atoms with E-state index >= 15 is 0 Å². The summed E-state index contributed by atoms with van der Waals surface area (Å²) in [5.41, 5.74) is 1.98. The van der Waals surface area contributed by atoms with Crippen molar-refractivity contribution in [2.45, 2.75) is 19.4 Å². The third-order valence-corrected chi connectivity index (χ3v) is 3.93. The van der Waals surface area contributed by atoms with Gasteiger partial charge in [-0.3, -0.25) is 4.79 Å². The van der Waals surface area contributed by atoms with E-state index in [4.69, 9.17) is 4.74 Å². The van der Waals surface area contributed by atoms with Gasteiger partial charge in [0.05, 0.1) is 12.0 Å². The summed E-state index contributed by atoms with van der Waals surface area (Å²) in [5.74, 6) is 0.368. The molecule has 2 nitrogen and oxygen atoms in total. The standard InChI is InChI=1S/C16H12BrFO2/c1-9-6-10(2-5-13(9)18)15-8-14(19)12-4-3-11(17)7-16(12)20-15/h2-7,15H,8H2,1H3. The van der Waals surface area contributed by atoms with Gasteiger partial charge in [-0.2, -0.15) is 0 Å². The molecule has 4 heteroatoms. The van der Waals surface area contributed by atoms with Crippen molar-refractivity contribution in [1.82, 2.24) is 0 Å². The minimum Gasteiger partial charge on any atom is -0.484 e. The smallest absolute Gasteiger partial charge is 0.170 e. The van der Waals surface area contributed by atoms with E-state index in [2.05, 4.69) is 15.9 Å². The van der Waals surface area contributed by atoms with E-state index in [0.717, 1.165) is 10.0 Å². The van der Waals surface area contributed by atoms with Gasteiger partial charge in [0.25, 0.3) is 0 Å². The van der Waals surface area contributed by atoms with Crippen LogP contribution in [0.25, 0.3) is 0 Å². The molecule has 0 saturated heterocycles. The van der Waals surface area contributed by atoms with Crippen molar-refractivity contribution >= 4 is 21.7 Å². The number of halogens is 2. The number of hydrogen-bond donors (Lipinski definition) is 0. The minimum atomic E-state index is -0.358. The van der Waals surface area contributed by atoms with Crippen LogP contribution < -0.4 is 4.74 Å². The highest BCUT2D eigenvalue weighted by molar-refractivity contribution is 9.10. The number of rotatable bonds is 1. The first-order chi connectivity index (χ1) is 9.54. The first-order valence-corrected chi connectivity index (χ1v) is 7.09. The van der Waals surface area contributed by atoms with Gasteiger partial charge in [0.15, 0.2) is 5.78 Å². The maximum atomic E-state index is 13.3. The van der Waals surface area contributed by atoms with Crippen molar-refractivity contribution in [3.8, 4) is 5.75 Å². The molecular formula is C16H12BrFO2. The first-order valence-electron chi connectivity index (χ1n) is 6.30. The molecule has 1 aliphatic rings. The van der Waals surface area contributed by atoms with Gasteiger partial charge in [0.2, 0.25) is 0 Å². The molecule has 0 saturated carbocycles. The summed E-state index contributed by atoms with van der Waals surface area (Å²) < 4.78 is 20.1. The highest BCUT2D eigenvalue weighted by Crippen LogP contribution is 2.36. The molecule has 1 unspecified atom stereocenters. The van der Waals surface area contributed by atoms with Gasteiger partial charge in [-0.1, -0.05) is 22.0 Å². The molecule has 0 fully saturated rings. The van der Waals surface area contributed by atoms with Crippen molar-refractivity contribution in [3.05, 3.63) is 63.4 Å². The zero-order valence-corrected chi connectivity index (χ0v) is 12.4. The zero-order chi connectivity index (χ0) is 14.3. The Morgan fingerprint density at radius 3 is 2.80 bits per heavy atom. The quantitative estimate of drug-likeness (QED) is 0.761. The Bertz CT molecular complexity index is 697. The Hall–Kier alpha value is -1.68. The Balaban J connectivity index is 1.98. The van der Waals surface area contributed by atoms with Gasteiger partial charge < -0.3 is 4.74 Å². The molecule has 2 aromatic carbocycles. The van der Waals surface area contributed by atoms with Gasteiger partial charge >= 0.3 is 0 Å². The van der Waals surface area contributed by atoms with Gasteiger partial charge in [0, 0.05) is 4.47 Å². The SMILES string of the molecule is Cc1cc(C2CC(=O)c3ccc(Br)cc3O2)ccc1F. The van der Waals surface area contributed by atoms with Crippen LogP contribution in [0.3, 0.4) is 0 Å². The van der Waals surface area contributed by atoms with Crippen molar-refractivity contribution < 1.29 is 13.9 Å². The number of ketones is 1. The van der Waals surface area contributed by atoms with Crippen LogP contribution in [0.5, 0.6) is 5.75 Å². The number of carbonyl (C=O) groups is 1. The summed E-state index contributed by atoms with van der Waals surface area (Å²) >= 11 is 3.37. The van der Waals surface area contributed by atoms with Gasteiger partial charge in [-0.15, -0.1) is 0 Å². The average molecular weight is 335 g/mol. The monoisotopic (exact) mass is 334 g/mol. The molecular weight excluding hydrogens is 323 g/mol. The minimum absolute atomic E-state index is 0.0470. The Morgan fingerprint density at radius 2 is 2.05 bits per heavy atom. The van der Waals surface area contributed by atoms with E-state index in [-0.39, 0.29) is 24.1 Å². The lowest BCUT2D eigenvalue weighted by Crippen LogP contribution is -2.20. The summed E-state index contributed by atoms with van der Waals surface area (Å²) in [7, 11) is 0. The third kappa shape index (κ3) is 2.36. The van der Waals surface area contributed by atoms with Crippen LogP contribution >= 0.6 is 15.9 Å². The fourth-order valence-corrected chi connectivity index (χ4v) is 2.69. The van der Waals surface area contributed by atoms with Crippen LogP contribution in [0.4, 0.5) is 4.39 Å². The van der Waals surface area contributed by atoms with E-state index < -0.39 is 0 Å². The molecule has 2 aromatic rings. The van der Waals surface area contributed by atoms with Crippen LogP contribution in [0.1, 0.15) is 34.0 Å². The van der Waals surface area contributed by atoms with E-state index in [1.54, 1.807) is 31.2 Å². The number of Topliss-reactive ketones (excluding diaryl/α,β-unsaturated/α-hetero) is 1. The van der Waals surface area contributed by atoms with Crippen LogP contribution in [-0.4, -0.2) is 5.78 Å². The number of ether oxygens (including phenoxy) is 1. The number of benzene rings is 2. The molecule has 1 atom stereocenters. The van der Waals surface area contributed by atoms with Crippen molar-refractivity contribution in [3.63, 3.8) is 0 Å². The van der Waals surface area contributed by atoms with Crippen LogP contribution in [-0.2, 0) is 0 Å². The molecule has 102 valence electrons. The van der Waals surface area contributed by atoms with Gasteiger partial charge in [-0.05, 0) is 48.4 Å². The van der Waals surface area contributed by atoms with Crippen molar-refractivity contribution in [2.75, 3.05) is 0 Å². The highest BCUT2D eigenvalue weighted by Gasteiger charge is 2.27. The Morgan fingerprint density at radius 1 is 1.25 bits per heavy atom. The lowest BCUT2D eigenvalue weighted by molar-refractivity contribution is 0.0850. The molecule has 20 heavy (non-hydrogen) atoms. The summed E-state index contributed by atoms with van der Waals surface area (Å²) in [5, 5.41) is 0. The summed E-state index contributed by atoms with van der Waals surface area (Å²) in [6, 6.07) is 10.2. The van der Waals surface area contributed by atoms with Crippen molar-refractivity contribution in [1.29, 1.82) is 0 Å². The molecule has 0 radical (unpaired) electrons. The second kappa shape index (κ2) is 5.02. The van der Waals surface area contributed by atoms with E-state index in [1.807, 2.05) is 6.07 Å². The fourth-order valence-electron chi connectivity index (χ4n) is 2.35. The molecule has 1 heterocycles. The second-order valence-corrected chi connectivity index (χ2v) is 5.80. The number of aryl methyl sites for hydroxylation is 1. The van der Waals surface area contributed by atoms with E-state index in [9.17, 15) is 9.18 Å². The topological polar surface area (TPSA) is 26.3 Å². The maximum absolute atomic E-state index is 13.3. The normalized spacial score (nSPS) is 17.6. The van der Waals surface area contributed by atoms with Crippen LogP contribution in [0.2, 0.25) is 0 Å². The predicted octanol–water partition coefficient (Wildman–Crippen LogP) is 4.60. The second-order valence-electron chi connectivity index (χ2n) is 4.88. The highest BCUT2D eigenvalue weighted by atomic mass is 79.9. The Kier molecular flexibility index (Phi) is 3.34. The molecule has 3 rings (SSSR count). The van der Waals surface area contributed by atoms with Gasteiger partial charge in [0.1, 0.15) is 17.7 Å². The fraction of sp³-hybridized carbons (Fsp3) is 0.188. The molecule has 0 bridgehead atoms. The van der Waals surface area contributed by atoms with E-state index in [0.29, 0.717) is 16.9 Å². The molecule has 0 N–H and O–H groups in total. The largest absolute Gasteiger partial charge is 0.484 e. The lowest BCUT2D eigenvalue weighted by Gasteiger charge is -2.26. The number of hydrogen-bond acceptors (Lipinski definition) is 2. The van der Waals surface area contributed by atoms with Crippen LogP contribution in [0.15, 0.2) is 40.9 Å². The third-order valence-electron chi connectivity index (χ3n) is 3.44. The molecule has 0 amide bonds. The molecule has 0 aromatic heterocycles. The first kappa shape index (κ1) is 13.3. The molecule has 0 aliphatic carbocycles. The van der Waals surface area contributed by atoms with Crippen molar-refractivity contribution in [2.24, 2.45) is 0 Å². The molecule has 0 spiro atoms. The Labute approximate surface area is 124 Å². The van der Waals surface area contributed by atoms with Gasteiger partial charge in [-0.25, -0.2) is 4.39 Å². The lowest BCUT2D eigenvalue weighted by atomic mass is 9.95. The molecule has 1 aliphatic heterocycles. The number of carbonyl (C=O) groups excluding carboxylic acids is 1. The summed E-state index contributed by atoms with van der Waals surface area (Å²) in [4.78, 5) is 12.2. The summed E-state index contributed by atoms with van der Waals surface area (Å²) in [6.07, 6.45) is -0.0803. The van der Waals surface area contributed by atoms with E-state index in [1.165, 1.54) is 6.07 Å². The maximum Gasteiger partial charge on any atom is 0.170 e.